The first-order chi connectivity index (χ1) is 10.0. The molecule has 0 saturated heterocycles. The summed E-state index contributed by atoms with van der Waals surface area (Å²) in [4.78, 5) is 4.25. The maximum atomic E-state index is 5.11. The van der Waals surface area contributed by atoms with Gasteiger partial charge in [-0.25, -0.2) is 0 Å². The Labute approximate surface area is 155 Å². The number of ether oxygens (including phenoxy) is 1. The van der Waals surface area contributed by atoms with Gasteiger partial charge in [0.05, 0.1) is 6.61 Å². The van der Waals surface area contributed by atoms with Gasteiger partial charge in [0, 0.05) is 32.0 Å². The van der Waals surface area contributed by atoms with Crippen molar-refractivity contribution in [2.24, 2.45) is 4.99 Å². The first-order valence-electron chi connectivity index (χ1n) is 7.07. The molecule has 0 saturated carbocycles. The number of halogens is 1. The minimum Gasteiger partial charge on any atom is -0.380 e. The van der Waals surface area contributed by atoms with Crippen LogP contribution in [0.15, 0.2) is 29.3 Å². The average molecular weight is 437 g/mol. The molecule has 0 bridgehead atoms. The van der Waals surface area contributed by atoms with E-state index in [0.717, 1.165) is 19.0 Å². The molecule has 0 aliphatic carbocycles. The summed E-state index contributed by atoms with van der Waals surface area (Å²) in [6.07, 6.45) is 2.12. The molecule has 6 heteroatoms. The zero-order valence-electron chi connectivity index (χ0n) is 14.1. The van der Waals surface area contributed by atoms with Crippen LogP contribution in [0.2, 0.25) is 0 Å². The summed E-state index contributed by atoms with van der Waals surface area (Å²) in [5.41, 5.74) is 2.41. The maximum Gasteiger partial charge on any atom is 0.191 e. The van der Waals surface area contributed by atoms with Gasteiger partial charge in [-0.1, -0.05) is 24.3 Å². The van der Waals surface area contributed by atoms with E-state index in [-0.39, 0.29) is 28.7 Å². The lowest BCUT2D eigenvalue weighted by Crippen LogP contribution is -2.42. The molecule has 0 unspecified atom stereocenters. The summed E-state index contributed by atoms with van der Waals surface area (Å²) in [5, 5.41) is 6.69. The van der Waals surface area contributed by atoms with Crippen LogP contribution < -0.4 is 10.6 Å². The van der Waals surface area contributed by atoms with E-state index in [4.69, 9.17) is 4.74 Å². The second-order valence-corrected chi connectivity index (χ2v) is 7.01. The fourth-order valence-corrected chi connectivity index (χ4v) is 1.91. The highest BCUT2D eigenvalue weighted by Gasteiger charge is 2.15. The van der Waals surface area contributed by atoms with E-state index in [1.807, 2.05) is 11.8 Å². The molecule has 22 heavy (non-hydrogen) atoms. The highest BCUT2D eigenvalue weighted by molar-refractivity contribution is 14.0. The number of methoxy groups -OCH3 is 1. The topological polar surface area (TPSA) is 45.7 Å². The first kappa shape index (κ1) is 21.5. The zero-order valence-corrected chi connectivity index (χ0v) is 17.2. The van der Waals surface area contributed by atoms with Crippen molar-refractivity contribution in [1.82, 2.24) is 10.6 Å². The van der Waals surface area contributed by atoms with Gasteiger partial charge in [-0.15, -0.1) is 24.0 Å². The van der Waals surface area contributed by atoms with Crippen molar-refractivity contribution in [3.05, 3.63) is 35.4 Å². The minimum absolute atomic E-state index is 0. The smallest absolute Gasteiger partial charge is 0.191 e. The molecule has 0 heterocycles. The predicted molar refractivity (Wildman–Crippen MR) is 108 cm³/mol. The largest absolute Gasteiger partial charge is 0.380 e. The Morgan fingerprint density at radius 2 is 1.77 bits per heavy atom. The molecule has 1 aromatic carbocycles. The van der Waals surface area contributed by atoms with Crippen molar-refractivity contribution in [1.29, 1.82) is 0 Å². The second-order valence-electron chi connectivity index (χ2n) is 5.49. The van der Waals surface area contributed by atoms with Crippen LogP contribution in [0.4, 0.5) is 0 Å². The van der Waals surface area contributed by atoms with Gasteiger partial charge >= 0.3 is 0 Å². The highest BCUT2D eigenvalue weighted by Crippen LogP contribution is 2.19. The monoisotopic (exact) mass is 437 g/mol. The van der Waals surface area contributed by atoms with Crippen LogP contribution in [0.5, 0.6) is 0 Å². The van der Waals surface area contributed by atoms with Crippen molar-refractivity contribution < 1.29 is 4.74 Å². The Hall–Kier alpha value is -0.470. The van der Waals surface area contributed by atoms with Gasteiger partial charge in [0.1, 0.15) is 0 Å². The molecule has 0 fully saturated rings. The molecule has 2 N–H and O–H groups in total. The molecular formula is C16H28IN3OS. The van der Waals surface area contributed by atoms with Gasteiger partial charge in [0.25, 0.3) is 0 Å². The van der Waals surface area contributed by atoms with Crippen LogP contribution in [0.1, 0.15) is 25.0 Å². The summed E-state index contributed by atoms with van der Waals surface area (Å²) < 4.78 is 5.30. The molecule has 0 atom stereocenters. The third-order valence-electron chi connectivity index (χ3n) is 3.25. The van der Waals surface area contributed by atoms with Crippen LogP contribution in [0.25, 0.3) is 0 Å². The van der Waals surface area contributed by atoms with E-state index in [2.05, 4.69) is 60.0 Å². The third kappa shape index (κ3) is 8.24. The molecule has 1 rings (SSSR count). The van der Waals surface area contributed by atoms with E-state index in [9.17, 15) is 0 Å². The summed E-state index contributed by atoms with van der Waals surface area (Å²) in [6, 6.07) is 8.40. The molecule has 0 aliphatic heterocycles. The molecule has 4 nitrogen and oxygen atoms in total. The van der Waals surface area contributed by atoms with Crippen LogP contribution in [0, 0.1) is 0 Å². The molecule has 0 amide bonds. The van der Waals surface area contributed by atoms with E-state index in [1.165, 1.54) is 11.1 Å². The SMILES string of the molecule is CN=C(NCc1ccc(COC)cc1)NCC(C)(C)SC.I. The average Bonchev–Trinajstić information content (AvgIpc) is 2.49. The van der Waals surface area contributed by atoms with E-state index in [1.54, 1.807) is 14.2 Å². The van der Waals surface area contributed by atoms with Crippen LogP contribution in [-0.2, 0) is 17.9 Å². The number of hydrogen-bond acceptors (Lipinski definition) is 3. The normalized spacial score (nSPS) is 11.8. The zero-order chi connectivity index (χ0) is 15.7. The predicted octanol–water partition coefficient (Wildman–Crippen LogP) is 3.26. The molecule has 0 aromatic heterocycles. The third-order valence-corrected chi connectivity index (χ3v) is 4.50. The van der Waals surface area contributed by atoms with E-state index < -0.39 is 0 Å². The van der Waals surface area contributed by atoms with Gasteiger partial charge < -0.3 is 15.4 Å². The molecule has 0 radical (unpaired) electrons. The Balaban J connectivity index is 0.00000441. The number of guanidine groups is 1. The standard InChI is InChI=1S/C16H27N3OS.HI/c1-16(2,21-5)12-19-15(17-3)18-10-13-6-8-14(9-7-13)11-20-4;/h6-9H,10-12H2,1-5H3,(H2,17,18,19);1H. The Morgan fingerprint density at radius 3 is 2.27 bits per heavy atom. The molecule has 0 spiro atoms. The van der Waals surface area contributed by atoms with Crippen molar-refractivity contribution in [2.45, 2.75) is 31.7 Å². The lowest BCUT2D eigenvalue weighted by molar-refractivity contribution is 0.185. The van der Waals surface area contributed by atoms with Gasteiger partial charge in [-0.3, -0.25) is 4.99 Å². The summed E-state index contributed by atoms with van der Waals surface area (Å²) >= 11 is 1.84. The fraction of sp³-hybridized carbons (Fsp3) is 0.562. The van der Waals surface area contributed by atoms with Gasteiger partial charge in [0.15, 0.2) is 5.96 Å². The van der Waals surface area contributed by atoms with Gasteiger partial charge in [-0.05, 0) is 31.2 Å². The van der Waals surface area contributed by atoms with Gasteiger partial charge in [0.2, 0.25) is 0 Å². The van der Waals surface area contributed by atoms with Crippen LogP contribution >= 0.6 is 35.7 Å². The number of nitrogens with zero attached hydrogens (tertiary/aromatic N) is 1. The number of rotatable bonds is 7. The summed E-state index contributed by atoms with van der Waals surface area (Å²) in [5.74, 6) is 0.832. The maximum absolute atomic E-state index is 5.11. The number of aliphatic imine (C=N–C) groups is 1. The number of hydrogen-bond donors (Lipinski definition) is 2. The minimum atomic E-state index is 0. The molecule has 1 aromatic rings. The highest BCUT2D eigenvalue weighted by atomic mass is 127. The first-order valence-corrected chi connectivity index (χ1v) is 8.29. The number of benzene rings is 1. The Kier molecular flexibility index (Phi) is 10.9. The van der Waals surface area contributed by atoms with Crippen molar-refractivity contribution in [2.75, 3.05) is 27.0 Å². The second kappa shape index (κ2) is 11.1. The van der Waals surface area contributed by atoms with Gasteiger partial charge in [-0.2, -0.15) is 11.8 Å². The molecule has 126 valence electrons. The Bertz CT molecular complexity index is 449. The number of thioether (sulfide) groups is 1. The van der Waals surface area contributed by atoms with Crippen molar-refractivity contribution >= 4 is 41.7 Å². The lowest BCUT2D eigenvalue weighted by atomic mass is 10.1. The van der Waals surface area contributed by atoms with Crippen molar-refractivity contribution in [3.8, 4) is 0 Å². The summed E-state index contributed by atoms with van der Waals surface area (Å²) in [7, 11) is 3.50. The van der Waals surface area contributed by atoms with E-state index in [0.29, 0.717) is 6.61 Å². The summed E-state index contributed by atoms with van der Waals surface area (Å²) in [6.45, 7) is 6.72. The van der Waals surface area contributed by atoms with Crippen LogP contribution in [-0.4, -0.2) is 37.7 Å². The Morgan fingerprint density at radius 1 is 1.18 bits per heavy atom. The van der Waals surface area contributed by atoms with E-state index >= 15 is 0 Å². The van der Waals surface area contributed by atoms with Crippen molar-refractivity contribution in [3.63, 3.8) is 0 Å². The lowest BCUT2D eigenvalue weighted by Gasteiger charge is -2.23. The fourth-order valence-electron chi connectivity index (χ4n) is 1.70. The molecular weight excluding hydrogens is 409 g/mol. The van der Waals surface area contributed by atoms with Crippen LogP contribution in [0.3, 0.4) is 0 Å². The molecule has 0 aliphatic rings. The number of nitrogens with one attached hydrogen (secondary N) is 2. The quantitative estimate of drug-likeness (QED) is 0.391.